The molecule has 1 aliphatic rings. The lowest BCUT2D eigenvalue weighted by molar-refractivity contribution is 0.0265. The van der Waals surface area contributed by atoms with E-state index in [0.717, 1.165) is 5.56 Å². The molecule has 1 aromatic carbocycles. The lowest BCUT2D eigenvalue weighted by Gasteiger charge is -2.30. The van der Waals surface area contributed by atoms with Crippen molar-refractivity contribution >= 4 is 0 Å². The number of hydrogen-bond acceptors (Lipinski definition) is 3. The number of benzene rings is 1. The van der Waals surface area contributed by atoms with E-state index in [2.05, 4.69) is 5.32 Å². The molecule has 0 radical (unpaired) electrons. The third-order valence-electron chi connectivity index (χ3n) is 2.53. The molecule has 1 aromatic rings. The van der Waals surface area contributed by atoms with Crippen LogP contribution in [-0.4, -0.2) is 31.0 Å². The number of hydrogen-bond donors (Lipinski definition) is 2. The molecule has 0 amide bonds. The molecule has 4 heteroatoms. The Kier molecular flexibility index (Phi) is 3.30. The van der Waals surface area contributed by atoms with Crippen molar-refractivity contribution in [2.45, 2.75) is 12.1 Å². The summed E-state index contributed by atoms with van der Waals surface area (Å²) in [5.74, 6) is -0.241. The fraction of sp³-hybridized carbons (Fsp3) is 0.455. The molecule has 15 heavy (non-hydrogen) atoms. The molecule has 0 unspecified atom stereocenters. The quantitative estimate of drug-likeness (QED) is 0.762. The zero-order chi connectivity index (χ0) is 10.7. The zero-order valence-electron chi connectivity index (χ0n) is 8.32. The van der Waals surface area contributed by atoms with Gasteiger partial charge in [0.05, 0.1) is 31.9 Å². The first-order chi connectivity index (χ1) is 7.29. The van der Waals surface area contributed by atoms with Crippen LogP contribution in [0.15, 0.2) is 24.3 Å². The van der Waals surface area contributed by atoms with Gasteiger partial charge in [-0.2, -0.15) is 0 Å². The molecule has 2 rings (SSSR count). The number of rotatable bonds is 2. The summed E-state index contributed by atoms with van der Waals surface area (Å²) in [5, 5.41) is 12.2. The molecule has 0 aliphatic carbocycles. The van der Waals surface area contributed by atoms with Crippen LogP contribution >= 0.6 is 0 Å². The monoisotopic (exact) mass is 211 g/mol. The molecule has 82 valence electrons. The summed E-state index contributed by atoms with van der Waals surface area (Å²) >= 11 is 0. The van der Waals surface area contributed by atoms with Crippen LogP contribution in [0.1, 0.15) is 11.6 Å². The van der Waals surface area contributed by atoms with Gasteiger partial charge in [0.1, 0.15) is 5.82 Å². The SMILES string of the molecule is OC[C@H]1COC[C@@H](c2ccc(F)cc2)N1. The van der Waals surface area contributed by atoms with Gasteiger partial charge in [-0.3, -0.25) is 0 Å². The number of aliphatic hydroxyl groups excluding tert-OH is 1. The van der Waals surface area contributed by atoms with E-state index in [4.69, 9.17) is 9.84 Å². The van der Waals surface area contributed by atoms with E-state index in [9.17, 15) is 4.39 Å². The Hall–Kier alpha value is -0.970. The summed E-state index contributed by atoms with van der Waals surface area (Å²) in [6, 6.07) is 6.33. The van der Waals surface area contributed by atoms with Gasteiger partial charge in [0.15, 0.2) is 0 Å². The molecular weight excluding hydrogens is 197 g/mol. The van der Waals surface area contributed by atoms with Gasteiger partial charge in [-0.1, -0.05) is 12.1 Å². The van der Waals surface area contributed by atoms with Gasteiger partial charge >= 0.3 is 0 Å². The number of morpholine rings is 1. The normalized spacial score (nSPS) is 26.5. The van der Waals surface area contributed by atoms with Gasteiger partial charge in [0.2, 0.25) is 0 Å². The fourth-order valence-corrected chi connectivity index (χ4v) is 1.70. The Bertz CT molecular complexity index is 315. The predicted octanol–water partition coefficient (Wildman–Crippen LogP) is 0.847. The van der Waals surface area contributed by atoms with E-state index in [1.165, 1.54) is 12.1 Å². The predicted molar refractivity (Wildman–Crippen MR) is 54.0 cm³/mol. The summed E-state index contributed by atoms with van der Waals surface area (Å²) in [5.41, 5.74) is 0.981. The molecule has 1 heterocycles. The van der Waals surface area contributed by atoms with Crippen molar-refractivity contribution < 1.29 is 14.2 Å². The average molecular weight is 211 g/mol. The molecule has 1 aliphatic heterocycles. The highest BCUT2D eigenvalue weighted by Gasteiger charge is 2.21. The van der Waals surface area contributed by atoms with Gasteiger partial charge in [-0.25, -0.2) is 4.39 Å². The highest BCUT2D eigenvalue weighted by atomic mass is 19.1. The first-order valence-electron chi connectivity index (χ1n) is 4.99. The highest BCUT2D eigenvalue weighted by Crippen LogP contribution is 2.17. The maximum Gasteiger partial charge on any atom is 0.123 e. The Balaban J connectivity index is 2.06. The number of nitrogens with one attached hydrogen (secondary N) is 1. The Morgan fingerprint density at radius 3 is 2.73 bits per heavy atom. The third kappa shape index (κ3) is 2.53. The van der Waals surface area contributed by atoms with Crippen molar-refractivity contribution in [2.75, 3.05) is 19.8 Å². The van der Waals surface area contributed by atoms with Crippen LogP contribution in [0, 0.1) is 5.82 Å². The first kappa shape index (κ1) is 10.5. The molecule has 0 bridgehead atoms. The average Bonchev–Trinajstić information content (AvgIpc) is 2.30. The second kappa shape index (κ2) is 4.70. The summed E-state index contributed by atoms with van der Waals surface area (Å²) < 4.78 is 18.1. The lowest BCUT2D eigenvalue weighted by Crippen LogP contribution is -2.45. The minimum Gasteiger partial charge on any atom is -0.395 e. The standard InChI is InChI=1S/C11H14FNO2/c12-9-3-1-8(2-4-9)11-7-15-6-10(5-14)13-11/h1-4,10-11,13-14H,5-7H2/t10-,11-/m0/s1. The van der Waals surface area contributed by atoms with Crippen molar-refractivity contribution in [1.29, 1.82) is 0 Å². The van der Waals surface area contributed by atoms with E-state index in [0.29, 0.717) is 13.2 Å². The Morgan fingerprint density at radius 2 is 2.07 bits per heavy atom. The van der Waals surface area contributed by atoms with Crippen LogP contribution in [0.2, 0.25) is 0 Å². The molecule has 1 fully saturated rings. The minimum absolute atomic E-state index is 0.0335. The number of aliphatic hydroxyl groups is 1. The summed E-state index contributed by atoms with van der Waals surface area (Å²) in [6.07, 6.45) is 0. The molecule has 0 spiro atoms. The fourth-order valence-electron chi connectivity index (χ4n) is 1.70. The molecule has 0 aromatic heterocycles. The molecule has 2 N–H and O–H groups in total. The van der Waals surface area contributed by atoms with Crippen molar-refractivity contribution in [1.82, 2.24) is 5.32 Å². The van der Waals surface area contributed by atoms with Crippen LogP contribution < -0.4 is 5.32 Å². The van der Waals surface area contributed by atoms with Gasteiger partial charge in [-0.05, 0) is 17.7 Å². The molecule has 2 atom stereocenters. The molecule has 1 saturated heterocycles. The van der Waals surface area contributed by atoms with E-state index in [1.807, 2.05) is 0 Å². The van der Waals surface area contributed by atoms with Crippen LogP contribution in [0.25, 0.3) is 0 Å². The zero-order valence-corrected chi connectivity index (χ0v) is 8.32. The molecule has 3 nitrogen and oxygen atoms in total. The highest BCUT2D eigenvalue weighted by molar-refractivity contribution is 5.20. The van der Waals surface area contributed by atoms with Crippen molar-refractivity contribution in [3.63, 3.8) is 0 Å². The maximum absolute atomic E-state index is 12.7. The first-order valence-corrected chi connectivity index (χ1v) is 4.99. The van der Waals surface area contributed by atoms with Gasteiger partial charge in [-0.15, -0.1) is 0 Å². The second-order valence-corrected chi connectivity index (χ2v) is 3.69. The smallest absolute Gasteiger partial charge is 0.123 e. The summed E-state index contributed by atoms with van der Waals surface area (Å²) in [6.45, 7) is 1.13. The Morgan fingerprint density at radius 1 is 1.33 bits per heavy atom. The Labute approximate surface area is 87.9 Å². The van der Waals surface area contributed by atoms with E-state index in [-0.39, 0.29) is 24.5 Å². The van der Waals surface area contributed by atoms with Crippen LogP contribution in [0.5, 0.6) is 0 Å². The maximum atomic E-state index is 12.7. The largest absolute Gasteiger partial charge is 0.395 e. The number of halogens is 1. The topological polar surface area (TPSA) is 41.5 Å². The number of ether oxygens (including phenoxy) is 1. The minimum atomic E-state index is -0.241. The van der Waals surface area contributed by atoms with Crippen molar-refractivity contribution in [2.24, 2.45) is 0 Å². The molecular formula is C11H14FNO2. The molecule has 0 saturated carbocycles. The van der Waals surface area contributed by atoms with Gasteiger partial charge in [0.25, 0.3) is 0 Å². The summed E-state index contributed by atoms with van der Waals surface area (Å²) in [4.78, 5) is 0. The van der Waals surface area contributed by atoms with E-state index < -0.39 is 0 Å². The van der Waals surface area contributed by atoms with E-state index >= 15 is 0 Å². The van der Waals surface area contributed by atoms with Crippen LogP contribution in [0.4, 0.5) is 4.39 Å². The van der Waals surface area contributed by atoms with Crippen molar-refractivity contribution in [3.8, 4) is 0 Å². The van der Waals surface area contributed by atoms with Gasteiger partial charge in [0, 0.05) is 0 Å². The second-order valence-electron chi connectivity index (χ2n) is 3.69. The van der Waals surface area contributed by atoms with Crippen molar-refractivity contribution in [3.05, 3.63) is 35.6 Å². The third-order valence-corrected chi connectivity index (χ3v) is 2.53. The van der Waals surface area contributed by atoms with Gasteiger partial charge < -0.3 is 15.2 Å². The summed E-state index contributed by atoms with van der Waals surface area (Å²) in [7, 11) is 0. The van der Waals surface area contributed by atoms with Crippen LogP contribution in [0.3, 0.4) is 0 Å². The van der Waals surface area contributed by atoms with E-state index in [1.54, 1.807) is 12.1 Å². The van der Waals surface area contributed by atoms with Crippen LogP contribution in [-0.2, 0) is 4.74 Å². The lowest BCUT2D eigenvalue weighted by atomic mass is 10.1.